The summed E-state index contributed by atoms with van der Waals surface area (Å²) in [6.45, 7) is 3.83. The lowest BCUT2D eigenvalue weighted by Gasteiger charge is -2.18. The molecule has 0 saturated carbocycles. The average Bonchev–Trinajstić information content (AvgIpc) is 3.53. The first-order valence-electron chi connectivity index (χ1n) is 11.3. The minimum atomic E-state index is -4.52. The fourth-order valence-corrected chi connectivity index (χ4v) is 5.28. The molecule has 1 unspecified atom stereocenters. The number of aliphatic hydroxyl groups is 2. The lowest BCUT2D eigenvalue weighted by atomic mass is 10.1. The summed E-state index contributed by atoms with van der Waals surface area (Å²) in [6, 6.07) is 0. The summed E-state index contributed by atoms with van der Waals surface area (Å²) in [5, 5.41) is 23.3. The summed E-state index contributed by atoms with van der Waals surface area (Å²) in [5.74, 6) is -0.193. The molecule has 1 saturated heterocycles. The molecule has 5 rings (SSSR count). The number of aryl methyl sites for hydroxylation is 1. The maximum absolute atomic E-state index is 12.7. The smallest absolute Gasteiger partial charge is 0.387 e. The third-order valence-corrected chi connectivity index (χ3v) is 7.75. The number of rotatable bonds is 7. The number of aromatic nitrogens is 6. The van der Waals surface area contributed by atoms with Crippen LogP contribution in [0.2, 0.25) is 0 Å². The van der Waals surface area contributed by atoms with E-state index in [2.05, 4.69) is 20.0 Å². The van der Waals surface area contributed by atoms with Crippen LogP contribution in [-0.4, -0.2) is 68.6 Å². The monoisotopic (exact) mass is 552 g/mol. The third kappa shape index (κ3) is 4.04. The number of imidazole rings is 1. The summed E-state index contributed by atoms with van der Waals surface area (Å²) >= 11 is 0. The van der Waals surface area contributed by atoms with E-state index in [1.165, 1.54) is 22.3 Å². The molecule has 38 heavy (non-hydrogen) atoms. The van der Waals surface area contributed by atoms with Gasteiger partial charge in [0.2, 0.25) is 5.95 Å². The second-order valence-electron chi connectivity index (χ2n) is 8.99. The van der Waals surface area contributed by atoms with Gasteiger partial charge in [0.1, 0.15) is 18.3 Å². The number of hydrogen-bond donors (Lipinski definition) is 6. The SMILES string of the molecule is Cc1c(C)n2c(CNP(=O)(O)OC[C@H]3O[C@@H](n4cnc5c(=O)[nH]c(N)nc54)[C@H](O)[C@@H]3O)c(C)c(=O)n2c1=O. The highest BCUT2D eigenvalue weighted by molar-refractivity contribution is 7.50. The van der Waals surface area contributed by atoms with Gasteiger partial charge in [0.15, 0.2) is 17.4 Å². The molecule has 1 aliphatic rings. The van der Waals surface area contributed by atoms with Crippen LogP contribution in [-0.2, 0) is 20.4 Å². The Morgan fingerprint density at radius 2 is 1.84 bits per heavy atom. The normalized spacial score (nSPS) is 23.5. The molecule has 0 amide bonds. The number of nitrogens with two attached hydrogens (primary N) is 1. The minimum absolute atomic E-state index is 0.00217. The van der Waals surface area contributed by atoms with E-state index in [1.807, 2.05) is 0 Å². The zero-order valence-electron chi connectivity index (χ0n) is 20.4. The molecule has 7 N–H and O–H groups in total. The van der Waals surface area contributed by atoms with Crippen molar-refractivity contribution in [3.8, 4) is 0 Å². The Hall–Kier alpha value is -3.44. The minimum Gasteiger partial charge on any atom is -0.387 e. The fraction of sp³-hybridized carbons (Fsp3) is 0.450. The molecule has 0 radical (unpaired) electrons. The summed E-state index contributed by atoms with van der Waals surface area (Å²) in [5.41, 5.74) is 5.31. The first-order chi connectivity index (χ1) is 17.8. The van der Waals surface area contributed by atoms with Crippen LogP contribution in [0.3, 0.4) is 0 Å². The zero-order valence-corrected chi connectivity index (χ0v) is 21.2. The van der Waals surface area contributed by atoms with Crippen LogP contribution in [0, 0.1) is 20.8 Å². The number of aromatic amines is 1. The molecule has 18 heteroatoms. The molecule has 4 aromatic heterocycles. The summed E-state index contributed by atoms with van der Waals surface area (Å²) in [4.78, 5) is 57.4. The average molecular weight is 552 g/mol. The summed E-state index contributed by atoms with van der Waals surface area (Å²) < 4.78 is 27.0. The lowest BCUT2D eigenvalue weighted by Crippen LogP contribution is -2.34. The molecule has 5 heterocycles. The molecule has 4 aromatic rings. The van der Waals surface area contributed by atoms with Crippen LogP contribution in [0.25, 0.3) is 11.2 Å². The van der Waals surface area contributed by atoms with Crippen molar-refractivity contribution in [2.45, 2.75) is 51.9 Å². The van der Waals surface area contributed by atoms with Gasteiger partial charge in [0.05, 0.1) is 18.6 Å². The van der Waals surface area contributed by atoms with Crippen molar-refractivity contribution in [3.05, 3.63) is 59.9 Å². The summed E-state index contributed by atoms with van der Waals surface area (Å²) in [7, 11) is -4.52. The third-order valence-electron chi connectivity index (χ3n) is 6.70. The van der Waals surface area contributed by atoms with Crippen LogP contribution < -0.4 is 27.5 Å². The van der Waals surface area contributed by atoms with Gasteiger partial charge in [-0.1, -0.05) is 0 Å². The molecule has 0 bridgehead atoms. The number of anilines is 1. The van der Waals surface area contributed by atoms with E-state index in [0.29, 0.717) is 17.0 Å². The Kier molecular flexibility index (Phi) is 6.26. The molecular formula is C20H25N8O9P. The lowest BCUT2D eigenvalue weighted by molar-refractivity contribution is -0.0487. The maximum atomic E-state index is 12.7. The molecule has 17 nitrogen and oxygen atoms in total. The first-order valence-corrected chi connectivity index (χ1v) is 12.9. The van der Waals surface area contributed by atoms with Crippen molar-refractivity contribution in [1.82, 2.24) is 33.6 Å². The van der Waals surface area contributed by atoms with Gasteiger partial charge in [-0.3, -0.25) is 28.5 Å². The van der Waals surface area contributed by atoms with Crippen molar-refractivity contribution in [2.24, 2.45) is 0 Å². The first kappa shape index (κ1) is 26.2. The van der Waals surface area contributed by atoms with Crippen LogP contribution >= 0.6 is 7.75 Å². The molecule has 5 atom stereocenters. The number of H-pyrrole nitrogens is 1. The van der Waals surface area contributed by atoms with Gasteiger partial charge in [-0.2, -0.15) is 9.50 Å². The molecule has 204 valence electrons. The van der Waals surface area contributed by atoms with E-state index in [4.69, 9.17) is 15.0 Å². The van der Waals surface area contributed by atoms with Gasteiger partial charge >= 0.3 is 7.75 Å². The van der Waals surface area contributed by atoms with Crippen LogP contribution in [0.15, 0.2) is 20.7 Å². The standard InChI is InChI=1S/C20H25N8O9P/c1-7-9(3)27-10(8(2)18(33)28(27)17(7)32)4-23-38(34,35)36-5-11-13(29)14(30)19(37-11)26-6-22-12-15(26)24-20(21)25-16(12)31/h6,11,13-14,19,29-30H,4-5H2,1-3H3,(H2,23,34,35)(H3,21,24,25,31)/t11-,13-,14-,19-/m1/s1. The number of ether oxygens (including phenoxy) is 1. The van der Waals surface area contributed by atoms with E-state index in [-0.39, 0.29) is 29.2 Å². The molecule has 1 fully saturated rings. The highest BCUT2D eigenvalue weighted by atomic mass is 31.2. The number of fused-ring (bicyclic) bond motifs is 2. The van der Waals surface area contributed by atoms with E-state index in [9.17, 15) is 34.1 Å². The number of nitrogens with one attached hydrogen (secondary N) is 2. The van der Waals surface area contributed by atoms with Gasteiger partial charge in [-0.15, -0.1) is 0 Å². The van der Waals surface area contributed by atoms with Gasteiger partial charge in [-0.25, -0.2) is 19.2 Å². The van der Waals surface area contributed by atoms with Crippen molar-refractivity contribution in [1.29, 1.82) is 0 Å². The Morgan fingerprint density at radius 1 is 1.16 bits per heavy atom. The Labute approximate surface area is 212 Å². The van der Waals surface area contributed by atoms with Crippen molar-refractivity contribution in [2.75, 3.05) is 12.3 Å². The van der Waals surface area contributed by atoms with Gasteiger partial charge in [0, 0.05) is 23.4 Å². The van der Waals surface area contributed by atoms with E-state index in [1.54, 1.807) is 13.8 Å². The van der Waals surface area contributed by atoms with E-state index < -0.39 is 55.6 Å². The van der Waals surface area contributed by atoms with Gasteiger partial charge < -0.3 is 25.6 Å². The number of hydrogen-bond acceptors (Lipinski definition) is 11. The quantitative estimate of drug-likeness (QED) is 0.132. The molecular weight excluding hydrogens is 527 g/mol. The van der Waals surface area contributed by atoms with E-state index >= 15 is 0 Å². The number of nitrogens with zero attached hydrogens (tertiary/aromatic N) is 5. The molecule has 0 aromatic carbocycles. The Balaban J connectivity index is 1.30. The number of aliphatic hydroxyl groups excluding tert-OH is 2. The second-order valence-corrected chi connectivity index (χ2v) is 10.6. The highest BCUT2D eigenvalue weighted by Gasteiger charge is 2.45. The largest absolute Gasteiger partial charge is 0.403 e. The van der Waals surface area contributed by atoms with Gasteiger partial charge in [0.25, 0.3) is 16.7 Å². The molecule has 0 spiro atoms. The highest BCUT2D eigenvalue weighted by Crippen LogP contribution is 2.39. The van der Waals surface area contributed by atoms with Gasteiger partial charge in [-0.05, 0) is 20.8 Å². The van der Waals surface area contributed by atoms with Crippen molar-refractivity contribution >= 4 is 24.9 Å². The fourth-order valence-electron chi connectivity index (χ4n) is 4.49. The van der Waals surface area contributed by atoms with Crippen molar-refractivity contribution in [3.63, 3.8) is 0 Å². The van der Waals surface area contributed by atoms with Crippen LogP contribution in [0.5, 0.6) is 0 Å². The maximum Gasteiger partial charge on any atom is 0.403 e. The number of nitrogen functional groups attached to an aromatic ring is 1. The predicted molar refractivity (Wildman–Crippen MR) is 130 cm³/mol. The Bertz CT molecular complexity index is 1770. The molecule has 1 aliphatic heterocycles. The Morgan fingerprint density at radius 3 is 2.55 bits per heavy atom. The van der Waals surface area contributed by atoms with Crippen LogP contribution in [0.4, 0.5) is 5.95 Å². The second kappa shape index (κ2) is 9.09. The zero-order chi connectivity index (χ0) is 27.7. The van der Waals surface area contributed by atoms with Crippen LogP contribution in [0.1, 0.15) is 28.7 Å². The van der Waals surface area contributed by atoms with E-state index in [0.717, 1.165) is 4.52 Å². The topological polar surface area (TPSA) is 241 Å². The molecule has 0 aliphatic carbocycles. The summed E-state index contributed by atoms with van der Waals surface area (Å²) in [6.07, 6.45) is -4.38. The van der Waals surface area contributed by atoms with Crippen molar-refractivity contribution < 1.29 is 28.9 Å². The predicted octanol–water partition coefficient (Wildman–Crippen LogP) is -2.34.